The lowest BCUT2D eigenvalue weighted by Gasteiger charge is -2.24. The first kappa shape index (κ1) is 18.3. The smallest absolute Gasteiger partial charge is 0.406 e. The summed E-state index contributed by atoms with van der Waals surface area (Å²) in [5, 5.41) is 2.47. The van der Waals surface area contributed by atoms with E-state index in [1.165, 1.54) is 11.4 Å². The van der Waals surface area contributed by atoms with Crippen LogP contribution in [0.4, 0.5) is 10.5 Å². The van der Waals surface area contributed by atoms with Crippen molar-refractivity contribution in [2.75, 3.05) is 30.8 Å². The van der Waals surface area contributed by atoms with Gasteiger partial charge in [0.2, 0.25) is 10.0 Å². The third-order valence-electron chi connectivity index (χ3n) is 3.19. The van der Waals surface area contributed by atoms with Crippen LogP contribution < -0.4 is 9.62 Å². The molecule has 0 saturated carbocycles. The molecule has 0 saturated heterocycles. The van der Waals surface area contributed by atoms with E-state index in [0.717, 1.165) is 11.8 Å². The fourth-order valence-electron chi connectivity index (χ4n) is 1.95. The fourth-order valence-corrected chi connectivity index (χ4v) is 2.87. The van der Waals surface area contributed by atoms with Gasteiger partial charge in [0.05, 0.1) is 25.6 Å². The summed E-state index contributed by atoms with van der Waals surface area (Å²) in [5.74, 6) is 0. The number of rotatable bonds is 5. The number of carbonyl (C=O) groups excluding carboxylic acids is 1. The lowest BCUT2D eigenvalue weighted by molar-refractivity contribution is 0.171. The van der Waals surface area contributed by atoms with Gasteiger partial charge in [0.1, 0.15) is 0 Å². The van der Waals surface area contributed by atoms with Gasteiger partial charge in [-0.3, -0.25) is 4.31 Å². The molecule has 0 fully saturated rings. The number of hydrogen-bond acceptors (Lipinski definition) is 4. The maximum atomic E-state index is 11.9. The van der Waals surface area contributed by atoms with E-state index in [-0.39, 0.29) is 18.5 Å². The second-order valence-corrected chi connectivity index (χ2v) is 7.96. The Hall–Kier alpha value is -1.76. The first-order valence-corrected chi connectivity index (χ1v) is 8.80. The normalized spacial score (nSPS) is 11.9. The molecule has 1 aromatic rings. The number of methoxy groups -OCH3 is 1. The molecular weight excluding hydrogens is 304 g/mol. The second kappa shape index (κ2) is 7.00. The van der Waals surface area contributed by atoms with E-state index < -0.39 is 16.1 Å². The number of sulfonamides is 1. The summed E-state index contributed by atoms with van der Waals surface area (Å²) in [7, 11) is -2.17. The van der Waals surface area contributed by atoms with Crippen LogP contribution >= 0.6 is 0 Å². The number of ether oxygens (including phenoxy) is 1. The molecule has 7 heteroatoms. The molecule has 0 spiro atoms. The molecule has 0 heterocycles. The van der Waals surface area contributed by atoms with Gasteiger partial charge in [-0.05, 0) is 23.1 Å². The zero-order valence-corrected chi connectivity index (χ0v) is 14.5. The number of nitrogens with zero attached hydrogens (tertiary/aromatic N) is 1. The lowest BCUT2D eigenvalue weighted by Crippen LogP contribution is -2.38. The number of alkyl carbamates (subject to hydrolysis) is 1. The quantitative estimate of drug-likeness (QED) is 0.898. The van der Waals surface area contributed by atoms with Crippen LogP contribution in [0.15, 0.2) is 24.3 Å². The Bertz CT molecular complexity index is 603. The van der Waals surface area contributed by atoms with Crippen molar-refractivity contribution in [2.24, 2.45) is 0 Å². The fraction of sp³-hybridized carbons (Fsp3) is 0.533. The second-order valence-electron chi connectivity index (χ2n) is 6.05. The van der Waals surface area contributed by atoms with Crippen LogP contribution in [0.2, 0.25) is 0 Å². The van der Waals surface area contributed by atoms with Crippen molar-refractivity contribution in [1.29, 1.82) is 0 Å². The average Bonchev–Trinajstić information content (AvgIpc) is 2.41. The van der Waals surface area contributed by atoms with E-state index in [2.05, 4.69) is 30.8 Å². The highest BCUT2D eigenvalue weighted by Gasteiger charge is 2.19. The molecule has 0 unspecified atom stereocenters. The standard InChI is InChI=1S/C15H24N2O4S/c1-15(2,3)12-6-8-13(9-7-12)17(22(5,19)20)11-10-16-14(18)21-4/h6-9H,10-11H2,1-5H3,(H,16,18). The third-order valence-corrected chi connectivity index (χ3v) is 4.39. The molecule has 1 rings (SSSR count). The first-order chi connectivity index (χ1) is 10.1. The van der Waals surface area contributed by atoms with Gasteiger partial charge in [0.25, 0.3) is 0 Å². The molecular formula is C15H24N2O4S. The van der Waals surface area contributed by atoms with E-state index in [9.17, 15) is 13.2 Å². The number of carbonyl (C=O) groups is 1. The molecule has 0 atom stereocenters. The molecule has 22 heavy (non-hydrogen) atoms. The Morgan fingerprint density at radius 3 is 2.18 bits per heavy atom. The van der Waals surface area contributed by atoms with Crippen LogP contribution in [0.25, 0.3) is 0 Å². The van der Waals surface area contributed by atoms with Crippen LogP contribution in [0.3, 0.4) is 0 Å². The van der Waals surface area contributed by atoms with E-state index in [1.807, 2.05) is 12.1 Å². The predicted molar refractivity (Wildman–Crippen MR) is 87.7 cm³/mol. The number of hydrogen-bond donors (Lipinski definition) is 1. The zero-order chi connectivity index (χ0) is 17.0. The summed E-state index contributed by atoms with van der Waals surface area (Å²) in [4.78, 5) is 11.0. The molecule has 124 valence electrons. The van der Waals surface area contributed by atoms with Crippen LogP contribution in [0, 0.1) is 0 Å². The summed E-state index contributed by atoms with van der Waals surface area (Å²) in [5.41, 5.74) is 1.69. The molecule has 0 aromatic heterocycles. The maximum Gasteiger partial charge on any atom is 0.406 e. The Kier molecular flexibility index (Phi) is 5.82. The van der Waals surface area contributed by atoms with Crippen LogP contribution in [0.1, 0.15) is 26.3 Å². The number of amides is 1. The van der Waals surface area contributed by atoms with E-state index in [1.54, 1.807) is 12.1 Å². The average molecular weight is 328 g/mol. The van der Waals surface area contributed by atoms with Gasteiger partial charge in [-0.25, -0.2) is 13.2 Å². The lowest BCUT2D eigenvalue weighted by atomic mass is 9.87. The van der Waals surface area contributed by atoms with Crippen molar-refractivity contribution < 1.29 is 17.9 Å². The highest BCUT2D eigenvalue weighted by molar-refractivity contribution is 7.92. The number of anilines is 1. The highest BCUT2D eigenvalue weighted by Crippen LogP contribution is 2.25. The molecule has 0 bridgehead atoms. The summed E-state index contributed by atoms with van der Waals surface area (Å²) >= 11 is 0. The minimum absolute atomic E-state index is 0.000882. The number of benzene rings is 1. The Morgan fingerprint density at radius 1 is 1.23 bits per heavy atom. The molecule has 0 aliphatic heterocycles. The minimum atomic E-state index is -3.43. The zero-order valence-electron chi connectivity index (χ0n) is 13.7. The van der Waals surface area contributed by atoms with E-state index >= 15 is 0 Å². The van der Waals surface area contributed by atoms with Crippen molar-refractivity contribution in [1.82, 2.24) is 5.32 Å². The largest absolute Gasteiger partial charge is 0.453 e. The van der Waals surface area contributed by atoms with Crippen molar-refractivity contribution in [3.8, 4) is 0 Å². The molecule has 1 amide bonds. The van der Waals surface area contributed by atoms with Gasteiger partial charge in [-0.15, -0.1) is 0 Å². The van der Waals surface area contributed by atoms with Gasteiger partial charge < -0.3 is 10.1 Å². The molecule has 0 aliphatic carbocycles. The molecule has 0 aliphatic rings. The SMILES string of the molecule is COC(=O)NCCN(c1ccc(C(C)(C)C)cc1)S(C)(=O)=O. The van der Waals surface area contributed by atoms with Gasteiger partial charge in [-0.1, -0.05) is 32.9 Å². The summed E-state index contributed by atoms with van der Waals surface area (Å²) < 4.78 is 29.6. The minimum Gasteiger partial charge on any atom is -0.453 e. The van der Waals surface area contributed by atoms with Gasteiger partial charge >= 0.3 is 6.09 Å². The van der Waals surface area contributed by atoms with Crippen molar-refractivity contribution >= 4 is 21.8 Å². The van der Waals surface area contributed by atoms with Gasteiger partial charge in [0.15, 0.2) is 0 Å². The van der Waals surface area contributed by atoms with Crippen molar-refractivity contribution in [3.05, 3.63) is 29.8 Å². The van der Waals surface area contributed by atoms with Gasteiger partial charge in [-0.2, -0.15) is 0 Å². The predicted octanol–water partition coefficient (Wildman–Crippen LogP) is 2.11. The Labute approximate surface area is 132 Å². The summed E-state index contributed by atoms with van der Waals surface area (Å²) in [6, 6.07) is 7.39. The van der Waals surface area contributed by atoms with E-state index in [4.69, 9.17) is 0 Å². The monoisotopic (exact) mass is 328 g/mol. The van der Waals surface area contributed by atoms with Crippen molar-refractivity contribution in [2.45, 2.75) is 26.2 Å². The maximum absolute atomic E-state index is 11.9. The van der Waals surface area contributed by atoms with Crippen molar-refractivity contribution in [3.63, 3.8) is 0 Å². The van der Waals surface area contributed by atoms with E-state index in [0.29, 0.717) is 5.69 Å². The topological polar surface area (TPSA) is 75.7 Å². The van der Waals surface area contributed by atoms with Crippen LogP contribution in [0.5, 0.6) is 0 Å². The Morgan fingerprint density at radius 2 is 1.77 bits per heavy atom. The van der Waals surface area contributed by atoms with Crippen LogP contribution in [-0.4, -0.2) is 41.0 Å². The molecule has 0 radical (unpaired) electrons. The first-order valence-electron chi connectivity index (χ1n) is 6.96. The molecule has 1 N–H and O–H groups in total. The summed E-state index contributed by atoms with van der Waals surface area (Å²) in [6.45, 7) is 6.59. The van der Waals surface area contributed by atoms with Gasteiger partial charge in [0, 0.05) is 6.54 Å². The Balaban J connectivity index is 2.91. The molecule has 6 nitrogen and oxygen atoms in total. The highest BCUT2D eigenvalue weighted by atomic mass is 32.2. The summed E-state index contributed by atoms with van der Waals surface area (Å²) in [6.07, 6.45) is 0.555. The number of nitrogens with one attached hydrogen (secondary N) is 1. The third kappa shape index (κ3) is 5.22. The van der Waals surface area contributed by atoms with Crippen LogP contribution in [-0.2, 0) is 20.2 Å². The molecule has 1 aromatic carbocycles.